The highest BCUT2D eigenvalue weighted by atomic mass is 79.9. The standard InChI is InChI=1S/C11H16N6.2BrH/c1-3-5-14-7-12-16(9-14)11-17-10-15(6-4-2)8-13-17;;/h3-4,7-10H,1-2,5-6,11H2;2*1H/q+2;;/p-2. The summed E-state index contributed by atoms with van der Waals surface area (Å²) < 4.78 is 7.53. The Morgan fingerprint density at radius 1 is 0.895 bits per heavy atom. The molecule has 0 unspecified atom stereocenters. The second kappa shape index (κ2) is 8.76. The molecule has 0 saturated heterocycles. The van der Waals surface area contributed by atoms with Gasteiger partial charge in [0.25, 0.3) is 19.3 Å². The molecule has 0 aliphatic carbocycles. The molecule has 19 heavy (non-hydrogen) atoms. The van der Waals surface area contributed by atoms with E-state index in [4.69, 9.17) is 0 Å². The third-order valence-corrected chi connectivity index (χ3v) is 2.23. The highest BCUT2D eigenvalue weighted by molar-refractivity contribution is 4.60. The molecule has 0 atom stereocenters. The van der Waals surface area contributed by atoms with Crippen molar-refractivity contribution in [2.24, 2.45) is 0 Å². The largest absolute Gasteiger partial charge is 1.00 e. The molecule has 0 amide bonds. The first-order valence-corrected chi connectivity index (χ1v) is 5.36. The Labute approximate surface area is 133 Å². The minimum atomic E-state index is 0. The monoisotopic (exact) mass is 390 g/mol. The fourth-order valence-electron chi connectivity index (χ4n) is 1.51. The first-order chi connectivity index (χ1) is 8.31. The number of hydrogen-bond donors (Lipinski definition) is 0. The predicted molar refractivity (Wildman–Crippen MR) is 60.6 cm³/mol. The first-order valence-electron chi connectivity index (χ1n) is 5.36. The molecule has 104 valence electrons. The predicted octanol–water partition coefficient (Wildman–Crippen LogP) is -6.46. The van der Waals surface area contributed by atoms with Crippen LogP contribution in [0.4, 0.5) is 0 Å². The summed E-state index contributed by atoms with van der Waals surface area (Å²) in [6.07, 6.45) is 11.0. The Hall–Kier alpha value is -1.28. The number of hydrogen-bond acceptors (Lipinski definition) is 2. The lowest BCUT2D eigenvalue weighted by Gasteiger charge is -1.88. The maximum Gasteiger partial charge on any atom is 0.265 e. The van der Waals surface area contributed by atoms with Crippen molar-refractivity contribution in [1.82, 2.24) is 19.6 Å². The minimum absolute atomic E-state index is 0. The van der Waals surface area contributed by atoms with E-state index in [1.165, 1.54) is 0 Å². The van der Waals surface area contributed by atoms with Gasteiger partial charge in [-0.15, -0.1) is 0 Å². The van der Waals surface area contributed by atoms with Crippen LogP contribution in [0.3, 0.4) is 0 Å². The zero-order valence-electron chi connectivity index (χ0n) is 10.4. The van der Waals surface area contributed by atoms with E-state index < -0.39 is 0 Å². The van der Waals surface area contributed by atoms with E-state index in [0.29, 0.717) is 6.67 Å². The number of nitrogens with zero attached hydrogens (tertiary/aromatic N) is 6. The summed E-state index contributed by atoms with van der Waals surface area (Å²) in [6, 6.07) is 0. The van der Waals surface area contributed by atoms with Gasteiger partial charge in [-0.05, 0) is 0 Å². The molecule has 0 saturated carbocycles. The van der Waals surface area contributed by atoms with Gasteiger partial charge in [0.2, 0.25) is 12.7 Å². The molecule has 0 N–H and O–H groups in total. The molecule has 0 bridgehead atoms. The quantitative estimate of drug-likeness (QED) is 0.363. The number of allylic oxidation sites excluding steroid dienone is 2. The summed E-state index contributed by atoms with van der Waals surface area (Å²) in [4.78, 5) is 0. The molecule has 2 heterocycles. The van der Waals surface area contributed by atoms with Crippen LogP contribution in [0.15, 0.2) is 50.6 Å². The zero-order valence-corrected chi connectivity index (χ0v) is 13.6. The normalized spacial score (nSPS) is 9.26. The topological polar surface area (TPSA) is 43.4 Å². The third kappa shape index (κ3) is 5.07. The molecule has 8 heteroatoms. The van der Waals surface area contributed by atoms with Crippen LogP contribution in [0.2, 0.25) is 0 Å². The van der Waals surface area contributed by atoms with E-state index in [2.05, 4.69) is 23.4 Å². The van der Waals surface area contributed by atoms with Gasteiger partial charge in [-0.1, -0.05) is 34.7 Å². The molecule has 0 spiro atoms. The smallest absolute Gasteiger partial charge is 0.265 e. The maximum atomic E-state index is 4.23. The van der Waals surface area contributed by atoms with Crippen molar-refractivity contribution in [2.75, 3.05) is 0 Å². The lowest BCUT2D eigenvalue weighted by molar-refractivity contribution is -0.688. The van der Waals surface area contributed by atoms with Crippen LogP contribution in [0.5, 0.6) is 0 Å². The van der Waals surface area contributed by atoms with Crippen molar-refractivity contribution in [3.63, 3.8) is 0 Å². The molecule has 0 fully saturated rings. The zero-order chi connectivity index (χ0) is 12.1. The highest BCUT2D eigenvalue weighted by Crippen LogP contribution is 1.83. The van der Waals surface area contributed by atoms with Gasteiger partial charge in [0.05, 0.1) is 13.1 Å². The van der Waals surface area contributed by atoms with Gasteiger partial charge in [-0.3, -0.25) is 0 Å². The Morgan fingerprint density at radius 3 is 1.68 bits per heavy atom. The van der Waals surface area contributed by atoms with Crippen molar-refractivity contribution in [2.45, 2.75) is 19.8 Å². The Morgan fingerprint density at radius 2 is 1.32 bits per heavy atom. The average molecular weight is 392 g/mol. The molecule has 0 aromatic carbocycles. The molecular formula is C11H16Br2N6. The van der Waals surface area contributed by atoms with E-state index >= 15 is 0 Å². The second-order valence-corrected chi connectivity index (χ2v) is 3.68. The van der Waals surface area contributed by atoms with Crippen molar-refractivity contribution < 1.29 is 43.1 Å². The van der Waals surface area contributed by atoms with E-state index in [9.17, 15) is 0 Å². The summed E-state index contributed by atoms with van der Waals surface area (Å²) in [6.45, 7) is 9.48. The number of aromatic nitrogens is 6. The third-order valence-electron chi connectivity index (χ3n) is 2.23. The van der Waals surface area contributed by atoms with E-state index in [1.54, 1.807) is 12.7 Å². The summed E-state index contributed by atoms with van der Waals surface area (Å²) >= 11 is 0. The van der Waals surface area contributed by atoms with Crippen LogP contribution in [-0.2, 0) is 19.8 Å². The van der Waals surface area contributed by atoms with Crippen LogP contribution in [0, 0.1) is 0 Å². The van der Waals surface area contributed by atoms with Crippen LogP contribution in [0.25, 0.3) is 0 Å². The van der Waals surface area contributed by atoms with Crippen LogP contribution in [-0.4, -0.2) is 19.6 Å². The molecule has 2 aromatic rings. The molecule has 0 aliphatic rings. The van der Waals surface area contributed by atoms with Crippen LogP contribution < -0.4 is 43.1 Å². The second-order valence-electron chi connectivity index (χ2n) is 3.68. The summed E-state index contributed by atoms with van der Waals surface area (Å²) in [7, 11) is 0. The molecular weight excluding hydrogens is 376 g/mol. The fourth-order valence-corrected chi connectivity index (χ4v) is 1.51. The van der Waals surface area contributed by atoms with Crippen molar-refractivity contribution in [1.29, 1.82) is 0 Å². The fraction of sp³-hybridized carbons (Fsp3) is 0.273. The minimum Gasteiger partial charge on any atom is -1.00 e. The Kier molecular flexibility index (Phi) is 8.17. The summed E-state index contributed by atoms with van der Waals surface area (Å²) in [5.74, 6) is 0. The van der Waals surface area contributed by atoms with Gasteiger partial charge in [0.15, 0.2) is 0 Å². The van der Waals surface area contributed by atoms with Crippen molar-refractivity contribution in [3.05, 3.63) is 50.6 Å². The first kappa shape index (κ1) is 17.7. The van der Waals surface area contributed by atoms with Crippen molar-refractivity contribution in [3.8, 4) is 0 Å². The molecule has 0 aliphatic heterocycles. The van der Waals surface area contributed by atoms with Gasteiger partial charge in [-0.25, -0.2) is 9.13 Å². The lowest BCUT2D eigenvalue weighted by atomic mass is 10.6. The average Bonchev–Trinajstić information content (AvgIpc) is 2.91. The van der Waals surface area contributed by atoms with Gasteiger partial charge in [0.1, 0.15) is 0 Å². The summed E-state index contributed by atoms with van der Waals surface area (Å²) in [5.41, 5.74) is 0. The number of halogens is 2. The van der Waals surface area contributed by atoms with Gasteiger partial charge in [0, 0.05) is 10.2 Å². The van der Waals surface area contributed by atoms with Crippen LogP contribution in [0.1, 0.15) is 0 Å². The Bertz CT molecular complexity index is 472. The SMILES string of the molecule is C=CC[n+]1cnn(Cn2c[n+](CC=C)cn2)c1.[Br-].[Br-]. The Balaban J connectivity index is 0.00000162. The number of rotatable bonds is 6. The van der Waals surface area contributed by atoms with Gasteiger partial charge in [-0.2, -0.15) is 0 Å². The molecule has 0 radical (unpaired) electrons. The van der Waals surface area contributed by atoms with E-state index in [-0.39, 0.29) is 34.0 Å². The van der Waals surface area contributed by atoms with E-state index in [0.717, 1.165) is 13.1 Å². The molecule has 6 nitrogen and oxygen atoms in total. The van der Waals surface area contributed by atoms with E-state index in [1.807, 2.05) is 43.3 Å². The molecule has 2 aromatic heterocycles. The van der Waals surface area contributed by atoms with Crippen LogP contribution >= 0.6 is 0 Å². The van der Waals surface area contributed by atoms with Crippen molar-refractivity contribution >= 4 is 0 Å². The maximum absolute atomic E-state index is 4.23. The lowest BCUT2D eigenvalue weighted by Crippen LogP contribution is -3.00. The molecule has 2 rings (SSSR count). The summed E-state index contributed by atoms with van der Waals surface area (Å²) in [5, 5.41) is 8.45. The van der Waals surface area contributed by atoms with Gasteiger partial charge >= 0.3 is 0 Å². The highest BCUT2D eigenvalue weighted by Gasteiger charge is 2.10. The van der Waals surface area contributed by atoms with Gasteiger partial charge < -0.3 is 34.0 Å².